The van der Waals surface area contributed by atoms with Gasteiger partial charge < -0.3 is 30.4 Å². The molecule has 4 N–H and O–H groups in total. The van der Waals surface area contributed by atoms with E-state index in [1.807, 2.05) is 11.8 Å². The van der Waals surface area contributed by atoms with Crippen molar-refractivity contribution in [2.75, 3.05) is 51.3 Å². The number of aryl methyl sites for hydroxylation is 1. The van der Waals surface area contributed by atoms with Gasteiger partial charge >= 0.3 is 22.2 Å². The number of carbonyl (C=O) groups excluding carboxylic acids is 5. The third-order valence-corrected chi connectivity index (χ3v) is 14.6. The highest BCUT2D eigenvalue weighted by atomic mass is 32.2. The number of benzene rings is 2. The number of sulfonamides is 1. The smallest absolute Gasteiger partial charge is 0.339 e. The van der Waals surface area contributed by atoms with Gasteiger partial charge in [0.25, 0.3) is 11.8 Å². The molecule has 58 heavy (non-hydrogen) atoms. The lowest BCUT2D eigenvalue weighted by Crippen LogP contribution is -2.39. The fraction of sp³-hybridized carbons (Fsp3) is 0.405. The first kappa shape index (κ1) is 42.4. The van der Waals surface area contributed by atoms with Gasteiger partial charge in [-0.25, -0.2) is 23.0 Å². The number of anilines is 1. The molecule has 3 aliphatic rings. The molecule has 6 rings (SSSR count). The molecule has 4 heterocycles. The Kier molecular flexibility index (Phi) is 12.9. The molecule has 2 aromatic carbocycles. The van der Waals surface area contributed by atoms with Gasteiger partial charge in [0.2, 0.25) is 15.9 Å². The summed E-state index contributed by atoms with van der Waals surface area (Å²) in [6, 6.07) is 10.2. The molecule has 7 amide bonds. The van der Waals surface area contributed by atoms with Crippen LogP contribution in [0.25, 0.3) is 10.9 Å². The maximum absolute atomic E-state index is 13.9. The summed E-state index contributed by atoms with van der Waals surface area (Å²) in [7, 11) is -5.59. The molecule has 0 aliphatic carbocycles. The Hall–Kier alpha value is -5.25. The molecule has 21 heteroatoms. The van der Waals surface area contributed by atoms with E-state index in [2.05, 4.69) is 26.3 Å². The van der Waals surface area contributed by atoms with E-state index in [1.165, 1.54) is 54.4 Å². The molecular weight excluding hydrogens is 813 g/mol. The summed E-state index contributed by atoms with van der Waals surface area (Å²) in [4.78, 5) is 66.7. The highest BCUT2D eigenvalue weighted by molar-refractivity contribution is 8.00. The van der Waals surface area contributed by atoms with Crippen molar-refractivity contribution in [3.8, 4) is 5.75 Å². The number of thioether (sulfide) groups is 1. The molecule has 3 atom stereocenters. The zero-order valence-corrected chi connectivity index (χ0v) is 34.4. The highest BCUT2D eigenvalue weighted by Gasteiger charge is 2.42. The third-order valence-electron chi connectivity index (χ3n) is 9.97. The number of aromatic nitrogens is 1. The molecule has 3 aliphatic heterocycles. The number of fused-ring (bicyclic) bond motifs is 2. The molecule has 1 aromatic heterocycles. The van der Waals surface area contributed by atoms with Gasteiger partial charge in [-0.2, -0.15) is 24.5 Å². The summed E-state index contributed by atoms with van der Waals surface area (Å²) in [6.45, 7) is 1.77. The maximum Gasteiger partial charge on any atom is 0.339 e. The van der Waals surface area contributed by atoms with Crippen molar-refractivity contribution in [3.63, 3.8) is 0 Å². The van der Waals surface area contributed by atoms with Gasteiger partial charge in [-0.3, -0.25) is 19.3 Å². The predicted octanol–water partition coefficient (Wildman–Crippen LogP) is 2.16. The molecule has 0 bridgehead atoms. The third kappa shape index (κ3) is 9.71. The van der Waals surface area contributed by atoms with Gasteiger partial charge in [0.1, 0.15) is 10.4 Å². The quantitative estimate of drug-likeness (QED) is 0.0662. The second-order valence-electron chi connectivity index (χ2n) is 14.0. The Bertz CT molecular complexity index is 2340. The molecule has 0 radical (unpaired) electrons. The van der Waals surface area contributed by atoms with E-state index in [4.69, 9.17) is 4.18 Å². The average Bonchev–Trinajstić information content (AvgIpc) is 3.85. The standard InChI is InChI=1S/C37H44N8O10S3/c1-23-8-13-26-30(57(51,52)44(3)21-20-43(2)31(46)7-5-4-6-29-35-27(22-56-29)41-37(50)42-35)15-14-28(34(26)39-23)55-58(53,54)25-11-9-24(10-12-25)40-36(49)38-18-19-45-32(47)16-17-33(45)48/h8-17,27,29,35H,4-7,18-22H2,1-3H3,(H2,38,40,49)(H2,41,42,50)/t27-,29-,35-/m0/s1. The van der Waals surface area contributed by atoms with E-state index in [1.54, 1.807) is 20.0 Å². The van der Waals surface area contributed by atoms with Crippen LogP contribution in [0.1, 0.15) is 31.4 Å². The zero-order valence-electron chi connectivity index (χ0n) is 32.0. The van der Waals surface area contributed by atoms with E-state index in [0.717, 1.165) is 40.0 Å². The van der Waals surface area contributed by atoms with Crippen LogP contribution in [0, 0.1) is 6.92 Å². The van der Waals surface area contributed by atoms with Crippen LogP contribution in [0.2, 0.25) is 0 Å². The van der Waals surface area contributed by atoms with Crippen LogP contribution < -0.4 is 25.5 Å². The van der Waals surface area contributed by atoms with Crippen molar-refractivity contribution in [3.05, 3.63) is 66.4 Å². The molecule has 310 valence electrons. The minimum atomic E-state index is -4.47. The number of carbonyl (C=O) groups is 5. The van der Waals surface area contributed by atoms with Gasteiger partial charge in [0.05, 0.1) is 17.0 Å². The fourth-order valence-corrected chi connectivity index (χ4v) is 10.5. The molecule has 3 aromatic rings. The van der Waals surface area contributed by atoms with Crippen LogP contribution in [0.3, 0.4) is 0 Å². The topological polar surface area (TPSA) is 234 Å². The van der Waals surface area contributed by atoms with Crippen LogP contribution in [-0.4, -0.2) is 129 Å². The number of nitrogens with one attached hydrogen (secondary N) is 4. The number of amides is 7. The number of unbranched alkanes of at least 4 members (excludes halogenated alkanes) is 1. The number of nitrogens with zero attached hydrogens (tertiary/aromatic N) is 4. The van der Waals surface area contributed by atoms with Gasteiger partial charge in [-0.1, -0.05) is 6.42 Å². The molecule has 0 spiro atoms. The summed E-state index contributed by atoms with van der Waals surface area (Å²) < 4.78 is 61.1. The number of likely N-dealkylation sites (N-methyl/N-ethyl adjacent to an activating group) is 2. The van der Waals surface area contributed by atoms with Crippen molar-refractivity contribution < 1.29 is 45.0 Å². The van der Waals surface area contributed by atoms with Crippen LogP contribution in [0.4, 0.5) is 15.3 Å². The van der Waals surface area contributed by atoms with Gasteiger partial charge in [-0.15, -0.1) is 0 Å². The number of urea groups is 2. The minimum absolute atomic E-state index is 0.00266. The summed E-state index contributed by atoms with van der Waals surface area (Å²) in [6.07, 6.45) is 4.97. The van der Waals surface area contributed by atoms with E-state index < -0.39 is 38.0 Å². The predicted molar refractivity (Wildman–Crippen MR) is 215 cm³/mol. The number of rotatable bonds is 17. The van der Waals surface area contributed by atoms with Gasteiger partial charge in [0, 0.05) is 86.6 Å². The van der Waals surface area contributed by atoms with Crippen molar-refractivity contribution in [1.82, 2.24) is 35.0 Å². The molecule has 18 nitrogen and oxygen atoms in total. The normalized spacial score (nSPS) is 19.0. The van der Waals surface area contributed by atoms with E-state index in [-0.39, 0.29) is 82.3 Å². The molecular formula is C37H44N8O10S3. The number of imide groups is 1. The maximum atomic E-state index is 13.9. The summed E-state index contributed by atoms with van der Waals surface area (Å²) in [5.74, 6) is -0.383. The first-order valence-electron chi connectivity index (χ1n) is 18.5. The van der Waals surface area contributed by atoms with Crippen molar-refractivity contribution in [2.24, 2.45) is 0 Å². The molecule has 0 unspecified atom stereocenters. The average molecular weight is 857 g/mol. The van der Waals surface area contributed by atoms with E-state index in [0.29, 0.717) is 23.8 Å². The van der Waals surface area contributed by atoms with Crippen LogP contribution in [0.5, 0.6) is 5.75 Å². The summed E-state index contributed by atoms with van der Waals surface area (Å²) >= 11 is 1.82. The van der Waals surface area contributed by atoms with Gasteiger partial charge in [0.15, 0.2) is 5.75 Å². The van der Waals surface area contributed by atoms with Crippen LogP contribution in [-0.2, 0) is 34.5 Å². The minimum Gasteiger partial charge on any atom is -0.377 e. The largest absolute Gasteiger partial charge is 0.377 e. The summed E-state index contributed by atoms with van der Waals surface area (Å²) in [5.41, 5.74) is 0.734. The Balaban J connectivity index is 1.03. The van der Waals surface area contributed by atoms with Crippen LogP contribution in [0.15, 0.2) is 70.5 Å². The molecule has 0 saturated carbocycles. The van der Waals surface area contributed by atoms with E-state index in [9.17, 15) is 40.8 Å². The van der Waals surface area contributed by atoms with E-state index >= 15 is 0 Å². The lowest BCUT2D eigenvalue weighted by atomic mass is 10.0. The zero-order chi connectivity index (χ0) is 41.8. The SMILES string of the molecule is Cc1ccc2c(S(=O)(=O)N(C)CCN(C)C(=O)CCCC[C@@H]3SC[C@@H]4NC(=O)N[C@@H]43)ccc(OS(=O)(=O)c3ccc(NC(=O)NCCN4C(=O)C=CC4=O)cc3)c2n1. The second-order valence-corrected chi connectivity index (χ2v) is 18.9. The first-order chi connectivity index (χ1) is 27.5. The number of hydrogen-bond acceptors (Lipinski definition) is 12. The van der Waals surface area contributed by atoms with Crippen LogP contribution >= 0.6 is 11.8 Å². The van der Waals surface area contributed by atoms with Crippen molar-refractivity contribution >= 4 is 78.3 Å². The Morgan fingerprint density at radius 2 is 1.67 bits per heavy atom. The molecule has 2 fully saturated rings. The second kappa shape index (κ2) is 17.7. The fourth-order valence-electron chi connectivity index (χ4n) is 6.69. The lowest BCUT2D eigenvalue weighted by Gasteiger charge is -2.23. The monoisotopic (exact) mass is 856 g/mol. The lowest BCUT2D eigenvalue weighted by molar-refractivity contribution is -0.136. The Labute approximate surface area is 340 Å². The number of hydrogen-bond donors (Lipinski definition) is 4. The molecule has 2 saturated heterocycles. The Morgan fingerprint density at radius 3 is 2.40 bits per heavy atom. The highest BCUT2D eigenvalue weighted by Crippen LogP contribution is 2.34. The van der Waals surface area contributed by atoms with Gasteiger partial charge in [-0.05, 0) is 68.3 Å². The first-order valence-corrected chi connectivity index (χ1v) is 22.4. The van der Waals surface area contributed by atoms with Crippen molar-refractivity contribution in [1.29, 1.82) is 0 Å². The Morgan fingerprint density at radius 1 is 0.948 bits per heavy atom. The summed E-state index contributed by atoms with van der Waals surface area (Å²) in [5, 5.41) is 11.4. The number of pyridine rings is 1. The van der Waals surface area contributed by atoms with Crippen molar-refractivity contribution in [2.45, 2.75) is 59.7 Å².